The van der Waals surface area contributed by atoms with Gasteiger partial charge in [0.15, 0.2) is 0 Å². The Morgan fingerprint density at radius 1 is 0.262 bits per heavy atom. The monoisotopic (exact) mass is 540 g/mol. The molecule has 42 heavy (non-hydrogen) atoms. The summed E-state index contributed by atoms with van der Waals surface area (Å²) in [4.78, 5) is 0. The second-order valence-electron chi connectivity index (χ2n) is 10.5. The fourth-order valence-corrected chi connectivity index (χ4v) is 5.69. The van der Waals surface area contributed by atoms with Crippen molar-refractivity contribution in [2.24, 2.45) is 0 Å². The van der Waals surface area contributed by atoms with Gasteiger partial charge in [-0.05, 0) is 102 Å². The number of phenolic OH excluding ortho intramolecular Hbond substituents is 2. The van der Waals surface area contributed by atoms with Crippen LogP contribution in [0.1, 0.15) is 0 Å². The van der Waals surface area contributed by atoms with Crippen LogP contribution in [0, 0.1) is 0 Å². The number of hydrogen-bond acceptors (Lipinski definition) is 2. The maximum absolute atomic E-state index is 9.50. The van der Waals surface area contributed by atoms with Crippen LogP contribution in [0.5, 0.6) is 11.5 Å². The van der Waals surface area contributed by atoms with Crippen LogP contribution in [0.3, 0.4) is 0 Å². The Hall–Kier alpha value is -5.60. The first kappa shape index (κ1) is 25.4. The summed E-state index contributed by atoms with van der Waals surface area (Å²) in [6, 6.07) is 53.2. The van der Waals surface area contributed by atoms with E-state index in [1.165, 1.54) is 43.1 Å². The number of aromatic hydroxyl groups is 2. The molecule has 0 bridgehead atoms. The van der Waals surface area contributed by atoms with Gasteiger partial charge >= 0.3 is 0 Å². The van der Waals surface area contributed by atoms with E-state index in [0.717, 1.165) is 22.3 Å². The molecule has 0 radical (unpaired) electrons. The van der Waals surface area contributed by atoms with Gasteiger partial charge in [-0.3, -0.25) is 0 Å². The molecule has 0 atom stereocenters. The average molecular weight is 541 g/mol. The summed E-state index contributed by atoms with van der Waals surface area (Å²) in [5.74, 6) is 0.555. The predicted molar refractivity (Wildman–Crippen MR) is 177 cm³/mol. The van der Waals surface area contributed by atoms with Gasteiger partial charge in [0.25, 0.3) is 0 Å². The molecular formula is C40H28O2. The van der Waals surface area contributed by atoms with Crippen molar-refractivity contribution >= 4 is 43.1 Å². The Morgan fingerprint density at radius 3 is 1.02 bits per heavy atom. The molecule has 2 heteroatoms. The van der Waals surface area contributed by atoms with Crippen molar-refractivity contribution in [3.05, 3.63) is 158 Å². The summed E-state index contributed by atoms with van der Waals surface area (Å²) in [5, 5.41) is 29.1. The van der Waals surface area contributed by atoms with Gasteiger partial charge in [0, 0.05) is 0 Å². The van der Waals surface area contributed by atoms with E-state index in [-0.39, 0.29) is 11.5 Å². The highest BCUT2D eigenvalue weighted by Gasteiger charge is 2.06. The highest BCUT2D eigenvalue weighted by molar-refractivity contribution is 6.09. The molecule has 2 N–H and O–H groups in total. The minimum absolute atomic E-state index is 0.278. The van der Waals surface area contributed by atoms with Crippen LogP contribution in [-0.4, -0.2) is 10.2 Å². The molecule has 0 saturated heterocycles. The van der Waals surface area contributed by atoms with Gasteiger partial charge in [-0.2, -0.15) is 0 Å². The summed E-state index contributed by atoms with van der Waals surface area (Å²) in [6.07, 6.45) is 0. The van der Waals surface area contributed by atoms with Crippen molar-refractivity contribution in [2.75, 3.05) is 0 Å². The Labute approximate surface area is 244 Å². The molecule has 0 saturated carbocycles. The second-order valence-corrected chi connectivity index (χ2v) is 10.5. The number of benzene rings is 8. The third-order valence-corrected chi connectivity index (χ3v) is 7.89. The number of fused-ring (bicyclic) bond motifs is 6. The zero-order chi connectivity index (χ0) is 28.5. The Balaban J connectivity index is 0.000000171. The van der Waals surface area contributed by atoms with Gasteiger partial charge in [-0.1, -0.05) is 121 Å². The van der Waals surface area contributed by atoms with E-state index >= 15 is 0 Å². The van der Waals surface area contributed by atoms with Gasteiger partial charge in [0.05, 0.1) is 0 Å². The predicted octanol–water partition coefficient (Wildman–Crippen LogP) is 10.7. The maximum Gasteiger partial charge on any atom is 0.115 e. The van der Waals surface area contributed by atoms with Crippen molar-refractivity contribution < 1.29 is 10.2 Å². The van der Waals surface area contributed by atoms with Crippen LogP contribution in [0.4, 0.5) is 0 Å². The van der Waals surface area contributed by atoms with Gasteiger partial charge in [-0.15, -0.1) is 0 Å². The van der Waals surface area contributed by atoms with E-state index in [1.54, 1.807) is 24.3 Å². The highest BCUT2D eigenvalue weighted by Crippen LogP contribution is 2.33. The standard InChI is InChI=1S/C26H18O2.C14H10/c27-23-9-3-17(4-10-23)19-7-13-25-21(15-19)1-2-22-16-20(8-14-26(22)25)18-5-11-24(28)12-6-18;1-3-7-13-11(5-1)9-10-12-6-2-4-8-14(12)13/h1-16,27-28H;1-10H. The first-order valence-corrected chi connectivity index (χ1v) is 14.0. The number of hydrogen-bond donors (Lipinski definition) is 2. The SMILES string of the molecule is Oc1ccc(-c2ccc3c(ccc4cc(-c5ccc(O)cc5)ccc43)c2)cc1.c1ccc2c(c1)ccc1ccccc12. The van der Waals surface area contributed by atoms with Gasteiger partial charge in [0.1, 0.15) is 11.5 Å². The van der Waals surface area contributed by atoms with Crippen molar-refractivity contribution in [3.63, 3.8) is 0 Å². The Bertz CT molecular complexity index is 2040. The first-order chi connectivity index (χ1) is 20.6. The Morgan fingerprint density at radius 2 is 0.595 bits per heavy atom. The lowest BCUT2D eigenvalue weighted by Gasteiger charge is -2.09. The topological polar surface area (TPSA) is 40.5 Å². The minimum Gasteiger partial charge on any atom is -0.508 e. The number of phenols is 2. The van der Waals surface area contributed by atoms with Crippen LogP contribution in [-0.2, 0) is 0 Å². The zero-order valence-electron chi connectivity index (χ0n) is 22.9. The van der Waals surface area contributed by atoms with Crippen LogP contribution in [0.25, 0.3) is 65.3 Å². The van der Waals surface area contributed by atoms with Crippen molar-refractivity contribution in [3.8, 4) is 33.8 Å². The van der Waals surface area contributed by atoms with Gasteiger partial charge in [0.2, 0.25) is 0 Å². The quantitative estimate of drug-likeness (QED) is 0.214. The summed E-state index contributed by atoms with van der Waals surface area (Å²) in [6.45, 7) is 0. The van der Waals surface area contributed by atoms with Crippen LogP contribution in [0.2, 0.25) is 0 Å². The Kier molecular flexibility index (Phi) is 6.50. The lowest BCUT2D eigenvalue weighted by Crippen LogP contribution is -1.83. The molecule has 0 aliphatic rings. The van der Waals surface area contributed by atoms with Crippen LogP contribution >= 0.6 is 0 Å². The molecule has 200 valence electrons. The summed E-state index contributed by atoms with van der Waals surface area (Å²) >= 11 is 0. The molecule has 0 fully saturated rings. The van der Waals surface area contributed by atoms with Crippen molar-refractivity contribution in [2.45, 2.75) is 0 Å². The van der Waals surface area contributed by atoms with Crippen molar-refractivity contribution in [1.29, 1.82) is 0 Å². The summed E-state index contributed by atoms with van der Waals surface area (Å²) < 4.78 is 0. The maximum atomic E-state index is 9.50. The molecule has 0 spiro atoms. The van der Waals surface area contributed by atoms with Gasteiger partial charge in [-0.25, -0.2) is 0 Å². The van der Waals surface area contributed by atoms with Crippen molar-refractivity contribution in [1.82, 2.24) is 0 Å². The summed E-state index contributed by atoms with van der Waals surface area (Å²) in [5.41, 5.74) is 4.44. The molecule has 0 aliphatic heterocycles. The van der Waals surface area contributed by atoms with Crippen LogP contribution in [0.15, 0.2) is 158 Å². The van der Waals surface area contributed by atoms with E-state index in [4.69, 9.17) is 0 Å². The minimum atomic E-state index is 0.278. The molecule has 0 amide bonds. The summed E-state index contributed by atoms with van der Waals surface area (Å²) in [7, 11) is 0. The van der Waals surface area contributed by atoms with E-state index in [0.29, 0.717) is 0 Å². The van der Waals surface area contributed by atoms with E-state index in [1.807, 2.05) is 24.3 Å². The molecule has 0 aliphatic carbocycles. The van der Waals surface area contributed by atoms with E-state index in [9.17, 15) is 10.2 Å². The normalized spacial score (nSPS) is 11.0. The lowest BCUT2D eigenvalue weighted by molar-refractivity contribution is 0.475. The second kappa shape index (κ2) is 10.8. The third kappa shape index (κ3) is 4.91. The lowest BCUT2D eigenvalue weighted by atomic mass is 9.95. The fraction of sp³-hybridized carbons (Fsp3) is 0. The number of rotatable bonds is 2. The molecule has 0 unspecified atom stereocenters. The molecule has 8 rings (SSSR count). The van der Waals surface area contributed by atoms with E-state index in [2.05, 4.69) is 109 Å². The molecular weight excluding hydrogens is 512 g/mol. The fourth-order valence-electron chi connectivity index (χ4n) is 5.69. The molecule has 0 aromatic heterocycles. The molecule has 8 aromatic carbocycles. The van der Waals surface area contributed by atoms with Crippen LogP contribution < -0.4 is 0 Å². The van der Waals surface area contributed by atoms with E-state index < -0.39 is 0 Å². The molecule has 8 aromatic rings. The highest BCUT2D eigenvalue weighted by atomic mass is 16.3. The molecule has 0 heterocycles. The average Bonchev–Trinajstić information content (AvgIpc) is 3.05. The molecule has 2 nitrogen and oxygen atoms in total. The van der Waals surface area contributed by atoms with Gasteiger partial charge < -0.3 is 10.2 Å². The zero-order valence-corrected chi connectivity index (χ0v) is 22.9. The first-order valence-electron chi connectivity index (χ1n) is 14.0. The third-order valence-electron chi connectivity index (χ3n) is 7.89. The smallest absolute Gasteiger partial charge is 0.115 e. The largest absolute Gasteiger partial charge is 0.508 e.